The highest BCUT2D eigenvalue weighted by Gasteiger charge is 2.29. The van der Waals surface area contributed by atoms with Crippen LogP contribution in [0.15, 0.2) is 46.2 Å². The topological polar surface area (TPSA) is 92.3 Å². The van der Waals surface area contributed by atoms with Crippen LogP contribution in [0.1, 0.15) is 31.4 Å². The van der Waals surface area contributed by atoms with Crippen LogP contribution in [0.3, 0.4) is 0 Å². The third kappa shape index (κ3) is 4.64. The number of fused-ring (bicyclic) bond motifs is 1. The lowest BCUT2D eigenvalue weighted by Crippen LogP contribution is -2.27. The Bertz CT molecular complexity index is 1080. The van der Waals surface area contributed by atoms with Gasteiger partial charge >= 0.3 is 0 Å². The summed E-state index contributed by atoms with van der Waals surface area (Å²) < 4.78 is 25.9. The molecule has 2 N–H and O–H groups in total. The van der Waals surface area contributed by atoms with Gasteiger partial charge in [0.2, 0.25) is 11.8 Å². The second-order valence-corrected chi connectivity index (χ2v) is 11.1. The monoisotopic (exact) mass is 432 g/mol. The van der Waals surface area contributed by atoms with E-state index in [0.29, 0.717) is 11.4 Å². The molecule has 1 aliphatic heterocycles. The predicted octanol–water partition coefficient (Wildman–Crippen LogP) is 3.93. The van der Waals surface area contributed by atoms with Crippen LogP contribution in [0, 0.1) is 13.8 Å². The van der Waals surface area contributed by atoms with Crippen LogP contribution >= 0.6 is 11.8 Å². The fourth-order valence-electron chi connectivity index (χ4n) is 3.12. The molecule has 2 aromatic carbocycles. The molecule has 1 aliphatic rings. The van der Waals surface area contributed by atoms with Gasteiger partial charge in [0.15, 0.2) is 9.84 Å². The van der Waals surface area contributed by atoms with Crippen molar-refractivity contribution >= 4 is 44.8 Å². The second kappa shape index (κ2) is 8.20. The number of benzene rings is 2. The molecule has 0 radical (unpaired) electrons. The van der Waals surface area contributed by atoms with Crippen LogP contribution in [-0.2, 0) is 19.4 Å². The van der Waals surface area contributed by atoms with E-state index < -0.39 is 15.1 Å². The highest BCUT2D eigenvalue weighted by Crippen LogP contribution is 2.37. The van der Waals surface area contributed by atoms with E-state index in [1.54, 1.807) is 13.0 Å². The molecule has 29 heavy (non-hydrogen) atoms. The fraction of sp³-hybridized carbons (Fsp3) is 0.333. The first-order chi connectivity index (χ1) is 13.6. The van der Waals surface area contributed by atoms with Crippen LogP contribution in [0.2, 0.25) is 0 Å². The van der Waals surface area contributed by atoms with Crippen LogP contribution in [0.25, 0.3) is 0 Å². The van der Waals surface area contributed by atoms with Gasteiger partial charge in [-0.25, -0.2) is 8.42 Å². The Kier molecular flexibility index (Phi) is 6.05. The Morgan fingerprint density at radius 3 is 2.62 bits per heavy atom. The smallest absolute Gasteiger partial charge is 0.237 e. The molecule has 2 amide bonds. The highest BCUT2D eigenvalue weighted by atomic mass is 32.2. The van der Waals surface area contributed by atoms with Crippen molar-refractivity contribution in [3.8, 4) is 0 Å². The number of rotatable bonds is 5. The molecule has 0 aliphatic carbocycles. The van der Waals surface area contributed by atoms with E-state index in [9.17, 15) is 18.0 Å². The molecule has 2 aromatic rings. The van der Waals surface area contributed by atoms with E-state index >= 15 is 0 Å². The van der Waals surface area contributed by atoms with Crippen molar-refractivity contribution in [2.45, 2.75) is 54.4 Å². The van der Waals surface area contributed by atoms with Gasteiger partial charge in [0.25, 0.3) is 0 Å². The maximum Gasteiger partial charge on any atom is 0.237 e. The lowest BCUT2D eigenvalue weighted by molar-refractivity contribution is -0.116. The number of nitrogens with one attached hydrogen (secondary N) is 2. The molecule has 1 heterocycles. The van der Waals surface area contributed by atoms with Crippen molar-refractivity contribution in [1.29, 1.82) is 0 Å². The molecule has 6 nitrogen and oxygen atoms in total. The first-order valence-electron chi connectivity index (χ1n) is 9.30. The Hall–Kier alpha value is -2.32. The summed E-state index contributed by atoms with van der Waals surface area (Å²) in [4.78, 5) is 25.2. The Morgan fingerprint density at radius 1 is 1.21 bits per heavy atom. The van der Waals surface area contributed by atoms with E-state index in [0.717, 1.165) is 16.0 Å². The van der Waals surface area contributed by atoms with Crippen LogP contribution in [0.4, 0.5) is 11.4 Å². The van der Waals surface area contributed by atoms with E-state index in [1.165, 1.54) is 30.8 Å². The third-order valence-corrected chi connectivity index (χ3v) is 8.18. The molecule has 0 bridgehead atoms. The predicted molar refractivity (Wildman–Crippen MR) is 116 cm³/mol. The van der Waals surface area contributed by atoms with Gasteiger partial charge < -0.3 is 10.6 Å². The lowest BCUT2D eigenvalue weighted by Gasteiger charge is -2.22. The average molecular weight is 433 g/mol. The van der Waals surface area contributed by atoms with Gasteiger partial charge in [-0.15, -0.1) is 11.8 Å². The molecule has 0 fully saturated rings. The van der Waals surface area contributed by atoms with E-state index in [-0.39, 0.29) is 28.4 Å². The molecule has 0 spiro atoms. The first kappa shape index (κ1) is 21.4. The van der Waals surface area contributed by atoms with Crippen LogP contribution in [-0.4, -0.2) is 30.7 Å². The Balaban J connectivity index is 1.74. The van der Waals surface area contributed by atoms with Crippen molar-refractivity contribution in [2.24, 2.45) is 0 Å². The normalized spacial score (nSPS) is 17.2. The molecule has 0 aromatic heterocycles. The number of anilines is 2. The maximum atomic E-state index is 13.0. The maximum absolute atomic E-state index is 13.0. The van der Waals surface area contributed by atoms with Crippen molar-refractivity contribution in [3.63, 3.8) is 0 Å². The molecule has 2 atom stereocenters. The van der Waals surface area contributed by atoms with Gasteiger partial charge in [-0.2, -0.15) is 0 Å². The number of sulfone groups is 1. The zero-order valence-corrected chi connectivity index (χ0v) is 18.4. The largest absolute Gasteiger partial charge is 0.326 e. The summed E-state index contributed by atoms with van der Waals surface area (Å²) in [6.07, 6.45) is -0.162. The molecule has 0 unspecified atom stereocenters. The number of amides is 2. The van der Waals surface area contributed by atoms with Gasteiger partial charge in [-0.05, 0) is 57.5 Å². The fourth-order valence-corrected chi connectivity index (χ4v) is 5.43. The molecule has 154 valence electrons. The standard InChI is InChI=1S/C21H24N2O4S2/c1-12-5-7-17(13(2)9-12)22-20(24)10-14(3)29(26,27)16-6-8-19-18(11-16)23-21(25)15(4)28-19/h5-9,11,14-15H,10H2,1-4H3,(H,22,24)(H,23,25)/t14-,15+/m0/s1. The minimum atomic E-state index is -3.73. The molecule has 0 saturated carbocycles. The molecular formula is C21H24N2O4S2. The first-order valence-corrected chi connectivity index (χ1v) is 11.7. The van der Waals surface area contributed by atoms with Gasteiger partial charge in [-0.3, -0.25) is 9.59 Å². The zero-order valence-electron chi connectivity index (χ0n) is 16.8. The summed E-state index contributed by atoms with van der Waals surface area (Å²) in [7, 11) is -3.73. The summed E-state index contributed by atoms with van der Waals surface area (Å²) >= 11 is 1.39. The lowest BCUT2D eigenvalue weighted by atomic mass is 10.1. The quantitative estimate of drug-likeness (QED) is 0.747. The van der Waals surface area contributed by atoms with Crippen molar-refractivity contribution in [3.05, 3.63) is 47.5 Å². The molecule has 3 rings (SSSR count). The third-order valence-electron chi connectivity index (χ3n) is 4.87. The van der Waals surface area contributed by atoms with E-state index in [1.807, 2.05) is 32.0 Å². The van der Waals surface area contributed by atoms with Gasteiger partial charge in [-0.1, -0.05) is 17.7 Å². The number of hydrogen-bond donors (Lipinski definition) is 2. The van der Waals surface area contributed by atoms with E-state index in [4.69, 9.17) is 0 Å². The second-order valence-electron chi connectivity index (χ2n) is 7.33. The van der Waals surface area contributed by atoms with Crippen molar-refractivity contribution in [1.82, 2.24) is 0 Å². The van der Waals surface area contributed by atoms with Crippen molar-refractivity contribution in [2.75, 3.05) is 10.6 Å². The van der Waals surface area contributed by atoms with Crippen LogP contribution < -0.4 is 10.6 Å². The molecule has 8 heteroatoms. The summed E-state index contributed by atoms with van der Waals surface area (Å²) in [5.41, 5.74) is 3.17. The highest BCUT2D eigenvalue weighted by molar-refractivity contribution is 8.01. The van der Waals surface area contributed by atoms with Gasteiger partial charge in [0, 0.05) is 17.0 Å². The summed E-state index contributed by atoms with van der Waals surface area (Å²) in [5, 5.41) is 4.40. The number of carbonyl (C=O) groups is 2. The van der Waals surface area contributed by atoms with E-state index in [2.05, 4.69) is 10.6 Å². The van der Waals surface area contributed by atoms with Gasteiger partial charge in [0.05, 0.1) is 21.1 Å². The molecular weight excluding hydrogens is 408 g/mol. The average Bonchev–Trinajstić information content (AvgIpc) is 2.64. The Morgan fingerprint density at radius 2 is 1.93 bits per heavy atom. The summed E-state index contributed by atoms with van der Waals surface area (Å²) in [6.45, 7) is 7.17. The Labute approximate surface area is 175 Å². The number of aryl methyl sites for hydroxylation is 2. The SMILES string of the molecule is Cc1ccc(NC(=O)C[C@H](C)S(=O)(=O)c2ccc3c(c2)NC(=O)[C@@H](C)S3)c(C)c1. The van der Waals surface area contributed by atoms with Crippen molar-refractivity contribution < 1.29 is 18.0 Å². The van der Waals surface area contributed by atoms with Gasteiger partial charge in [0.1, 0.15) is 0 Å². The zero-order chi connectivity index (χ0) is 21.3. The number of carbonyl (C=O) groups excluding carboxylic acids is 2. The summed E-state index contributed by atoms with van der Waals surface area (Å²) in [6, 6.07) is 10.4. The molecule has 0 saturated heterocycles. The summed E-state index contributed by atoms with van der Waals surface area (Å²) in [5.74, 6) is -0.512. The minimum absolute atomic E-state index is 0.0959. The number of thioether (sulfide) groups is 1. The number of hydrogen-bond acceptors (Lipinski definition) is 5. The van der Waals surface area contributed by atoms with Crippen LogP contribution in [0.5, 0.6) is 0 Å². The minimum Gasteiger partial charge on any atom is -0.326 e.